The normalized spacial score (nSPS) is 0. The molecular formula is H3CmO3-3. The van der Waals surface area contributed by atoms with Crippen molar-refractivity contribution in [3.05, 3.63) is 0 Å². The van der Waals surface area contributed by atoms with E-state index in [9.17, 15) is 0 Å². The largest absolute Gasteiger partial charge is 0.870 e. The molecule has 0 heterocycles. The van der Waals surface area contributed by atoms with Crippen LogP contribution >= 0.6 is 0 Å². The summed E-state index contributed by atoms with van der Waals surface area (Å²) in [7, 11) is 0. The van der Waals surface area contributed by atoms with Gasteiger partial charge in [0.1, 0.15) is 0 Å². The summed E-state index contributed by atoms with van der Waals surface area (Å²) in [6, 6.07) is 0. The van der Waals surface area contributed by atoms with Crippen molar-refractivity contribution in [3.63, 3.8) is 0 Å². The molecule has 3 N–H and O–H groups in total. The van der Waals surface area contributed by atoms with Gasteiger partial charge in [-0.15, -0.1) is 0 Å². The summed E-state index contributed by atoms with van der Waals surface area (Å²) < 4.78 is 0. The third-order valence-electron chi connectivity index (χ3n) is 0. The average molecular weight is 298 g/mol. The molecule has 0 atom stereocenters. The molecule has 0 saturated heterocycles. The van der Waals surface area contributed by atoms with Gasteiger partial charge < -0.3 is 16.4 Å². The molecular weight excluding hydrogens is 295 g/mol. The Balaban J connectivity index is 0. The van der Waals surface area contributed by atoms with Crippen LogP contribution < -0.4 is 0 Å². The van der Waals surface area contributed by atoms with Gasteiger partial charge in [-0.05, 0) is 0 Å². The molecule has 0 fully saturated rings. The van der Waals surface area contributed by atoms with Crippen LogP contribution in [0.2, 0.25) is 0 Å². The van der Waals surface area contributed by atoms with Gasteiger partial charge in [0.15, 0.2) is 0 Å². The molecule has 0 aliphatic carbocycles. The first-order chi connectivity index (χ1) is 0. The van der Waals surface area contributed by atoms with E-state index in [1.54, 1.807) is 0 Å². The Kier molecular flexibility index (Phi) is 2.35. The molecule has 0 rings (SSSR count). The van der Waals surface area contributed by atoms with E-state index in [2.05, 4.69) is 0 Å². The zero-order valence-corrected chi connectivity index (χ0v) is 4.64. The monoisotopic (exact) mass is 294 g/mol. The second kappa shape index (κ2) is 1.16. The van der Waals surface area contributed by atoms with Gasteiger partial charge in [0, 0.05) is 0 Å². The second-order valence-corrected chi connectivity index (χ2v) is 0. The first-order valence-corrected chi connectivity index (χ1v) is 0. The van der Waals surface area contributed by atoms with E-state index in [-0.39, 0.29) is 16.4 Å². The maximum Gasteiger partial charge on any atom is 0 e. The number of hydrogen-bond donors (Lipinski definition) is 0. The summed E-state index contributed by atoms with van der Waals surface area (Å²) in [5.74, 6) is 0. The van der Waals surface area contributed by atoms with Crippen molar-refractivity contribution in [2.45, 2.75) is 0 Å². The van der Waals surface area contributed by atoms with E-state index in [4.69, 9.17) is 0 Å². The first-order valence-electron chi connectivity index (χ1n) is 0. The fraction of sp³-hybridized carbons (Fsp3) is 0. The van der Waals surface area contributed by atoms with Crippen molar-refractivity contribution in [1.29, 1.82) is 0 Å². The summed E-state index contributed by atoms with van der Waals surface area (Å²) in [6.07, 6.45) is 0. The van der Waals surface area contributed by atoms with Crippen LogP contribution in [-0.4, -0.2) is 16.4 Å². The van der Waals surface area contributed by atoms with Crippen LogP contribution in [0.4, 0.5) is 0 Å². The summed E-state index contributed by atoms with van der Waals surface area (Å²) in [6.45, 7) is 0. The van der Waals surface area contributed by atoms with Crippen LogP contribution in [0.3, 0.4) is 0 Å². The van der Waals surface area contributed by atoms with Crippen molar-refractivity contribution >= 4 is 0 Å². The van der Waals surface area contributed by atoms with Crippen molar-refractivity contribution in [2.24, 2.45) is 0 Å². The van der Waals surface area contributed by atoms with Gasteiger partial charge in [0.2, 0.25) is 0 Å². The van der Waals surface area contributed by atoms with Gasteiger partial charge in [0.25, 0.3) is 0 Å². The molecule has 0 unspecified atom stereocenters. The standard InChI is InChI=1S/Cm.3H2O/h;3*1H2/p-3. The Labute approximate surface area is 17.8 Å². The van der Waals surface area contributed by atoms with E-state index >= 15 is 0 Å². The molecule has 0 amide bonds. The molecule has 32 valence electrons. The molecule has 0 saturated carbocycles. The molecule has 0 aliphatic heterocycles. The zero-order chi connectivity index (χ0) is 0. The minimum Gasteiger partial charge on any atom is -0.870 e. The molecule has 0 bridgehead atoms. The third kappa shape index (κ3) is 0.0101. The molecule has 0 radical (unpaired) electrons. The van der Waals surface area contributed by atoms with E-state index in [1.165, 1.54) is 0 Å². The van der Waals surface area contributed by atoms with Crippen molar-refractivity contribution in [1.82, 2.24) is 0 Å². The van der Waals surface area contributed by atoms with E-state index in [0.29, 0.717) is 0 Å². The van der Waals surface area contributed by atoms with Crippen LogP contribution in [0.15, 0.2) is 0 Å². The Morgan fingerprint density at radius 3 is 0.500 bits per heavy atom. The second-order valence-electron chi connectivity index (χ2n) is 0. The third-order valence-corrected chi connectivity index (χ3v) is 0. The summed E-state index contributed by atoms with van der Waals surface area (Å²) in [4.78, 5) is 0. The minimum absolute atomic E-state index is 0. The zero-order valence-electron chi connectivity index (χ0n) is 1.70. The van der Waals surface area contributed by atoms with E-state index < -0.39 is 0 Å². The van der Waals surface area contributed by atoms with E-state index in [1.807, 2.05) is 0 Å². The van der Waals surface area contributed by atoms with Crippen LogP contribution in [-0.2, 0) is 0 Å². The average Bonchev–Trinajstić information content (AvgIpc) is 0. The smallest absolute Gasteiger partial charge is 0 e. The Morgan fingerprint density at radius 1 is 0.500 bits per heavy atom. The molecule has 0 aromatic rings. The Hall–Kier alpha value is -1.12. The molecule has 0 aromatic carbocycles. The fourth-order valence-electron chi connectivity index (χ4n) is 0. The molecule has 3 nitrogen and oxygen atoms in total. The van der Waals surface area contributed by atoms with Crippen molar-refractivity contribution < 1.29 is 16.4 Å². The maximum absolute atomic E-state index is 0. The maximum atomic E-state index is 0. The number of hydrogen-bond acceptors (Lipinski definition) is 3. The minimum atomic E-state index is 0. The van der Waals surface area contributed by atoms with E-state index in [0.717, 1.165) is 0 Å². The van der Waals surface area contributed by atoms with Crippen LogP contribution in [0.5, 0.6) is 0 Å². The molecule has 0 aromatic heterocycles. The van der Waals surface area contributed by atoms with Gasteiger partial charge in [-0.1, -0.05) is 0 Å². The van der Waals surface area contributed by atoms with Crippen LogP contribution in [0, 0.1) is 0 Å². The topological polar surface area (TPSA) is 90.0 Å². The summed E-state index contributed by atoms with van der Waals surface area (Å²) >= 11 is 0. The van der Waals surface area contributed by atoms with Crippen LogP contribution in [0.25, 0.3) is 0 Å². The summed E-state index contributed by atoms with van der Waals surface area (Å²) in [5.41, 5.74) is 0. The first kappa shape index (κ1) is 8.11. The van der Waals surface area contributed by atoms with Gasteiger partial charge in [0.05, 0.1) is 0 Å². The SMILES string of the molecule is [Cm].[OH-].[OH-].[OH-]. The molecule has 4 heavy (non-hydrogen) atoms. The van der Waals surface area contributed by atoms with Gasteiger partial charge in [-0.25, -0.2) is 0 Å². The predicted octanol–water partition coefficient (Wildman–Crippen LogP) is -0.530. The molecule has 4 heteroatoms. The molecule has 0 spiro atoms. The Bertz CT molecular complexity index is 3.25. The predicted molar refractivity (Wildman–Crippen MR) is 5.81 cm³/mol. The Morgan fingerprint density at radius 2 is 0.500 bits per heavy atom. The van der Waals surface area contributed by atoms with Crippen molar-refractivity contribution in [2.75, 3.05) is 0 Å². The van der Waals surface area contributed by atoms with Gasteiger partial charge in [-0.2, -0.15) is 0 Å². The summed E-state index contributed by atoms with van der Waals surface area (Å²) in [5, 5.41) is 0. The molecule has 0 aliphatic rings. The van der Waals surface area contributed by atoms with Crippen molar-refractivity contribution in [3.8, 4) is 0 Å². The number of rotatable bonds is 0. The fourth-order valence-corrected chi connectivity index (χ4v) is 0. The quantitative estimate of drug-likeness (QED) is 0.602. The van der Waals surface area contributed by atoms with Crippen LogP contribution in [0.1, 0.15) is 0 Å². The van der Waals surface area contributed by atoms with Gasteiger partial charge in [-0.3, -0.25) is 0 Å². The van der Waals surface area contributed by atoms with Gasteiger partial charge >= 0.3 is 0 Å².